The normalized spacial score (nSPS) is 14.1. The van der Waals surface area contributed by atoms with Gasteiger partial charge in [0.2, 0.25) is 0 Å². The summed E-state index contributed by atoms with van der Waals surface area (Å²) in [4.78, 5) is 21.6. The predicted molar refractivity (Wildman–Crippen MR) is 59.1 cm³/mol. The molecule has 0 heterocycles. The lowest BCUT2D eigenvalue weighted by Crippen LogP contribution is -2.28. The van der Waals surface area contributed by atoms with Crippen LogP contribution in [0.2, 0.25) is 5.02 Å². The number of alkyl halides is 1. The lowest BCUT2D eigenvalue weighted by molar-refractivity contribution is -0.144. The van der Waals surface area contributed by atoms with E-state index in [2.05, 4.69) is 0 Å². The maximum Gasteiger partial charge on any atom is 0.322 e. The second-order valence-electron chi connectivity index (χ2n) is 3.11. The summed E-state index contributed by atoms with van der Waals surface area (Å²) in [7, 11) is 0. The van der Waals surface area contributed by atoms with Gasteiger partial charge >= 0.3 is 11.9 Å². The molecule has 2 N–H and O–H groups in total. The van der Waals surface area contributed by atoms with Crippen LogP contribution in [0.3, 0.4) is 0 Å². The summed E-state index contributed by atoms with van der Waals surface area (Å²) < 4.78 is 0. The zero-order valence-corrected chi connectivity index (χ0v) is 9.44. The lowest BCUT2D eigenvalue weighted by Gasteiger charge is -2.15. The predicted octanol–water partition coefficient (Wildman–Crippen LogP) is 2.20. The van der Waals surface area contributed by atoms with E-state index in [9.17, 15) is 9.59 Å². The van der Waals surface area contributed by atoms with Gasteiger partial charge in [0.1, 0.15) is 11.3 Å². The van der Waals surface area contributed by atoms with Gasteiger partial charge in [-0.2, -0.15) is 0 Å². The van der Waals surface area contributed by atoms with Gasteiger partial charge in [0.05, 0.1) is 0 Å². The molecular weight excluding hydrogens is 255 g/mol. The minimum absolute atomic E-state index is 0.305. The SMILES string of the molecule is O=C(O)C(Cl)C(C(=O)O)c1ccc(Cl)cc1. The highest BCUT2D eigenvalue weighted by Crippen LogP contribution is 2.25. The second kappa shape index (κ2) is 5.18. The number of halogens is 2. The molecule has 0 amide bonds. The van der Waals surface area contributed by atoms with Crippen LogP contribution in [0, 0.1) is 0 Å². The van der Waals surface area contributed by atoms with Gasteiger partial charge in [0, 0.05) is 5.02 Å². The van der Waals surface area contributed by atoms with Crippen LogP contribution in [0.4, 0.5) is 0 Å². The van der Waals surface area contributed by atoms with Gasteiger partial charge in [-0.1, -0.05) is 23.7 Å². The molecule has 16 heavy (non-hydrogen) atoms. The minimum atomic E-state index is -1.52. The molecule has 1 rings (SSSR count). The molecule has 0 radical (unpaired) electrons. The van der Waals surface area contributed by atoms with Crippen molar-refractivity contribution in [2.45, 2.75) is 11.3 Å². The van der Waals surface area contributed by atoms with E-state index in [1.165, 1.54) is 24.3 Å². The molecule has 4 nitrogen and oxygen atoms in total. The fraction of sp³-hybridized carbons (Fsp3) is 0.200. The highest BCUT2D eigenvalue weighted by Gasteiger charge is 2.33. The van der Waals surface area contributed by atoms with E-state index in [0.29, 0.717) is 10.6 Å². The summed E-state index contributed by atoms with van der Waals surface area (Å²) >= 11 is 11.2. The average molecular weight is 263 g/mol. The van der Waals surface area contributed by atoms with Crippen molar-refractivity contribution in [3.63, 3.8) is 0 Å². The standard InChI is InChI=1S/C10H8Cl2O4/c11-6-3-1-5(2-4-6)7(9(13)14)8(12)10(15)16/h1-4,7-8H,(H,13,14)(H,15,16). The molecule has 0 saturated heterocycles. The van der Waals surface area contributed by atoms with Crippen molar-refractivity contribution in [1.82, 2.24) is 0 Å². The van der Waals surface area contributed by atoms with Crippen LogP contribution in [-0.2, 0) is 9.59 Å². The topological polar surface area (TPSA) is 74.6 Å². The number of hydrogen-bond acceptors (Lipinski definition) is 2. The van der Waals surface area contributed by atoms with Gasteiger partial charge in [-0.3, -0.25) is 9.59 Å². The zero-order valence-electron chi connectivity index (χ0n) is 7.93. The van der Waals surface area contributed by atoms with E-state index in [0.717, 1.165) is 0 Å². The number of rotatable bonds is 4. The number of aliphatic carboxylic acids is 2. The van der Waals surface area contributed by atoms with Crippen LogP contribution < -0.4 is 0 Å². The Labute approximate surface area is 101 Å². The number of hydrogen-bond donors (Lipinski definition) is 2. The summed E-state index contributed by atoms with van der Waals surface area (Å²) in [6.45, 7) is 0. The molecule has 86 valence electrons. The van der Waals surface area contributed by atoms with Crippen LogP contribution in [0.25, 0.3) is 0 Å². The molecule has 1 aromatic rings. The van der Waals surface area contributed by atoms with Crippen LogP contribution in [-0.4, -0.2) is 27.5 Å². The van der Waals surface area contributed by atoms with Crippen LogP contribution in [0.5, 0.6) is 0 Å². The maximum absolute atomic E-state index is 11.0. The molecule has 1 aromatic carbocycles. The quantitative estimate of drug-likeness (QED) is 0.816. The second-order valence-corrected chi connectivity index (χ2v) is 4.01. The molecule has 6 heteroatoms. The van der Waals surface area contributed by atoms with Gasteiger partial charge in [-0.05, 0) is 17.7 Å². The highest BCUT2D eigenvalue weighted by molar-refractivity contribution is 6.32. The Hall–Kier alpha value is -1.26. The molecule has 2 atom stereocenters. The fourth-order valence-electron chi connectivity index (χ4n) is 1.25. The van der Waals surface area contributed by atoms with Gasteiger partial charge in [0.25, 0.3) is 0 Å². The van der Waals surface area contributed by atoms with Crippen molar-refractivity contribution < 1.29 is 19.8 Å². The molecule has 0 aliphatic heterocycles. The largest absolute Gasteiger partial charge is 0.481 e. The molecule has 0 aliphatic rings. The summed E-state index contributed by atoms with van der Waals surface area (Å²) in [5.41, 5.74) is 0.305. The van der Waals surface area contributed by atoms with Crippen LogP contribution in [0.15, 0.2) is 24.3 Å². The minimum Gasteiger partial charge on any atom is -0.481 e. The fourth-order valence-corrected chi connectivity index (χ4v) is 1.63. The van der Waals surface area contributed by atoms with Crippen molar-refractivity contribution >= 4 is 35.1 Å². The molecular formula is C10H8Cl2O4. The maximum atomic E-state index is 11.0. The Morgan fingerprint density at radius 1 is 1.06 bits per heavy atom. The van der Waals surface area contributed by atoms with E-state index in [4.69, 9.17) is 33.4 Å². The number of carboxylic acids is 2. The van der Waals surface area contributed by atoms with E-state index < -0.39 is 23.2 Å². The lowest BCUT2D eigenvalue weighted by atomic mass is 9.95. The Balaban J connectivity index is 3.07. The first kappa shape index (κ1) is 12.8. The molecule has 0 aromatic heterocycles. The van der Waals surface area contributed by atoms with E-state index in [1.54, 1.807) is 0 Å². The summed E-state index contributed by atoms with van der Waals surface area (Å²) in [6.07, 6.45) is 0. The van der Waals surface area contributed by atoms with Crippen LogP contribution in [0.1, 0.15) is 11.5 Å². The number of benzene rings is 1. The van der Waals surface area contributed by atoms with E-state index in [1.807, 2.05) is 0 Å². The van der Waals surface area contributed by atoms with Gasteiger partial charge in [-0.25, -0.2) is 0 Å². The van der Waals surface area contributed by atoms with E-state index >= 15 is 0 Å². The Kier molecular flexibility index (Phi) is 4.15. The first-order valence-corrected chi connectivity index (χ1v) is 5.10. The third kappa shape index (κ3) is 2.87. The third-order valence-corrected chi connectivity index (χ3v) is 2.71. The summed E-state index contributed by atoms with van der Waals surface area (Å²) in [5.74, 6) is -3.95. The number of carboxylic acid groups (broad SMARTS) is 2. The highest BCUT2D eigenvalue weighted by atomic mass is 35.5. The first-order valence-electron chi connectivity index (χ1n) is 4.28. The molecule has 0 spiro atoms. The zero-order chi connectivity index (χ0) is 12.3. The average Bonchev–Trinajstić information content (AvgIpc) is 2.20. The van der Waals surface area contributed by atoms with Crippen LogP contribution >= 0.6 is 23.2 Å². The summed E-state index contributed by atoms with van der Waals surface area (Å²) in [6, 6.07) is 5.86. The molecule has 2 unspecified atom stereocenters. The molecule has 0 aliphatic carbocycles. The van der Waals surface area contributed by atoms with Crippen molar-refractivity contribution in [1.29, 1.82) is 0 Å². The van der Waals surface area contributed by atoms with Gasteiger partial charge in [0.15, 0.2) is 0 Å². The monoisotopic (exact) mass is 262 g/mol. The first-order chi connectivity index (χ1) is 7.43. The molecule has 0 bridgehead atoms. The smallest absolute Gasteiger partial charge is 0.322 e. The third-order valence-electron chi connectivity index (χ3n) is 2.02. The van der Waals surface area contributed by atoms with Crippen molar-refractivity contribution in [2.75, 3.05) is 0 Å². The molecule has 0 saturated carbocycles. The Morgan fingerprint density at radius 3 is 1.94 bits per heavy atom. The van der Waals surface area contributed by atoms with Gasteiger partial charge in [-0.15, -0.1) is 11.6 Å². The van der Waals surface area contributed by atoms with Crippen molar-refractivity contribution in [3.05, 3.63) is 34.9 Å². The molecule has 0 fully saturated rings. The Morgan fingerprint density at radius 2 is 1.56 bits per heavy atom. The summed E-state index contributed by atoms with van der Waals surface area (Å²) in [5, 5.41) is 16.6. The number of carbonyl (C=O) groups is 2. The van der Waals surface area contributed by atoms with E-state index in [-0.39, 0.29) is 0 Å². The Bertz CT molecular complexity index is 402. The van der Waals surface area contributed by atoms with Crippen molar-refractivity contribution in [3.8, 4) is 0 Å². The van der Waals surface area contributed by atoms with Gasteiger partial charge < -0.3 is 10.2 Å². The van der Waals surface area contributed by atoms with Crippen molar-refractivity contribution in [2.24, 2.45) is 0 Å².